The van der Waals surface area contributed by atoms with Crippen molar-refractivity contribution in [1.82, 2.24) is 9.55 Å². The van der Waals surface area contributed by atoms with Gasteiger partial charge in [-0.25, -0.2) is 9.78 Å². The first-order valence-electron chi connectivity index (χ1n) is 5.76. The second kappa shape index (κ2) is 4.78. The highest BCUT2D eigenvalue weighted by atomic mass is 19.4. The van der Waals surface area contributed by atoms with Gasteiger partial charge in [0.2, 0.25) is 0 Å². The number of halogens is 3. The number of carbonyl (C=O) groups is 1. The molecule has 1 atom stereocenters. The monoisotopic (exact) mass is 287 g/mol. The summed E-state index contributed by atoms with van der Waals surface area (Å²) in [6.45, 7) is 1.36. The van der Waals surface area contributed by atoms with E-state index in [0.29, 0.717) is 5.52 Å². The first kappa shape index (κ1) is 14.3. The van der Waals surface area contributed by atoms with Crippen molar-refractivity contribution in [2.45, 2.75) is 25.7 Å². The van der Waals surface area contributed by atoms with Crippen LogP contribution in [0.4, 0.5) is 13.2 Å². The van der Waals surface area contributed by atoms with Crippen LogP contribution in [0, 0.1) is 0 Å². The second-order valence-corrected chi connectivity index (χ2v) is 4.32. The fraction of sp³-hybridized carbons (Fsp3) is 0.333. The van der Waals surface area contributed by atoms with E-state index >= 15 is 0 Å². The fourth-order valence-corrected chi connectivity index (χ4v) is 2.01. The maximum atomic E-state index is 12.6. The van der Waals surface area contributed by atoms with Gasteiger partial charge in [0.1, 0.15) is 11.9 Å². The van der Waals surface area contributed by atoms with Gasteiger partial charge in [-0.2, -0.15) is 13.2 Å². The quantitative estimate of drug-likeness (QED) is 0.906. The number of carboxylic acid groups (broad SMARTS) is 1. The molecule has 108 valence electrons. The minimum atomic E-state index is -4.47. The highest BCUT2D eigenvalue weighted by Crippen LogP contribution is 2.32. The van der Waals surface area contributed by atoms with Crippen LogP contribution in [0.2, 0.25) is 0 Å². The van der Waals surface area contributed by atoms with Crippen molar-refractivity contribution in [2.75, 3.05) is 0 Å². The van der Waals surface area contributed by atoms with Crippen LogP contribution < -0.4 is 5.73 Å². The Balaban J connectivity index is 2.67. The number of alkyl halides is 3. The zero-order valence-corrected chi connectivity index (χ0v) is 10.5. The predicted octanol–water partition coefficient (Wildman–Crippen LogP) is 2.16. The first-order chi connectivity index (χ1) is 9.25. The molecule has 3 N–H and O–H groups in total. The molecule has 2 rings (SSSR count). The van der Waals surface area contributed by atoms with Crippen molar-refractivity contribution in [3.63, 3.8) is 0 Å². The average Bonchev–Trinajstić information content (AvgIpc) is 2.73. The van der Waals surface area contributed by atoms with Crippen molar-refractivity contribution < 1.29 is 23.1 Å². The molecule has 0 fully saturated rings. The second-order valence-electron chi connectivity index (χ2n) is 4.32. The van der Waals surface area contributed by atoms with Gasteiger partial charge >= 0.3 is 12.1 Å². The van der Waals surface area contributed by atoms with Crippen LogP contribution in [0.3, 0.4) is 0 Å². The lowest BCUT2D eigenvalue weighted by Crippen LogP contribution is -2.19. The lowest BCUT2D eigenvalue weighted by molar-refractivity contribution is -0.140. The molecule has 1 aromatic carbocycles. The summed E-state index contributed by atoms with van der Waals surface area (Å²) in [6.07, 6.45) is -4.47. The molecule has 0 bridgehead atoms. The topological polar surface area (TPSA) is 81.1 Å². The lowest BCUT2D eigenvalue weighted by Gasteiger charge is -2.13. The van der Waals surface area contributed by atoms with Crippen molar-refractivity contribution >= 4 is 17.0 Å². The maximum absolute atomic E-state index is 12.6. The number of nitrogens with two attached hydrogens (primary N) is 1. The van der Waals surface area contributed by atoms with Crippen molar-refractivity contribution in [1.29, 1.82) is 0 Å². The number of aliphatic carboxylic acids is 1. The molecule has 20 heavy (non-hydrogen) atoms. The van der Waals surface area contributed by atoms with E-state index in [2.05, 4.69) is 4.98 Å². The summed E-state index contributed by atoms with van der Waals surface area (Å²) >= 11 is 0. The van der Waals surface area contributed by atoms with Crippen molar-refractivity contribution in [3.8, 4) is 0 Å². The van der Waals surface area contributed by atoms with Gasteiger partial charge in [-0.15, -0.1) is 0 Å². The number of rotatable bonds is 3. The number of imidazole rings is 1. The molecule has 8 heteroatoms. The summed E-state index contributed by atoms with van der Waals surface area (Å²) in [5.41, 5.74) is 5.04. The summed E-state index contributed by atoms with van der Waals surface area (Å²) in [5.74, 6) is -0.881. The maximum Gasteiger partial charge on any atom is 0.416 e. The van der Waals surface area contributed by atoms with Gasteiger partial charge in [-0.1, -0.05) is 0 Å². The number of benzene rings is 1. The van der Waals surface area contributed by atoms with Crippen LogP contribution in [-0.4, -0.2) is 20.6 Å². The van der Waals surface area contributed by atoms with E-state index in [9.17, 15) is 18.0 Å². The van der Waals surface area contributed by atoms with Crippen molar-refractivity contribution in [3.05, 3.63) is 29.6 Å². The van der Waals surface area contributed by atoms with Crippen LogP contribution in [0.15, 0.2) is 18.2 Å². The Morgan fingerprint density at radius 3 is 2.65 bits per heavy atom. The average molecular weight is 287 g/mol. The molecular formula is C12H12F3N3O2. The summed E-state index contributed by atoms with van der Waals surface area (Å²) in [4.78, 5) is 15.0. The molecule has 0 spiro atoms. The minimum Gasteiger partial charge on any atom is -0.480 e. The van der Waals surface area contributed by atoms with Gasteiger partial charge in [0.15, 0.2) is 0 Å². The molecule has 1 unspecified atom stereocenters. The van der Waals surface area contributed by atoms with Gasteiger partial charge in [0.25, 0.3) is 0 Å². The Kier molecular flexibility index (Phi) is 3.43. The molecule has 0 radical (unpaired) electrons. The molecule has 0 saturated carbocycles. The molecule has 0 aliphatic rings. The van der Waals surface area contributed by atoms with E-state index in [1.807, 2.05) is 0 Å². The number of hydrogen-bond acceptors (Lipinski definition) is 3. The highest BCUT2D eigenvalue weighted by molar-refractivity contribution is 5.81. The Bertz CT molecular complexity index is 664. The minimum absolute atomic E-state index is 0.0619. The van der Waals surface area contributed by atoms with Gasteiger partial charge in [-0.3, -0.25) is 0 Å². The molecule has 2 aromatic rings. The molecule has 0 aliphatic heterocycles. The first-order valence-corrected chi connectivity index (χ1v) is 5.76. The molecule has 5 nitrogen and oxygen atoms in total. The predicted molar refractivity (Wildman–Crippen MR) is 65.0 cm³/mol. The van der Waals surface area contributed by atoms with Gasteiger partial charge in [-0.05, 0) is 25.1 Å². The Morgan fingerprint density at radius 1 is 1.50 bits per heavy atom. The summed E-state index contributed by atoms with van der Waals surface area (Å²) < 4.78 is 39.2. The summed E-state index contributed by atoms with van der Waals surface area (Å²) in [5, 5.41) is 9.05. The van der Waals surface area contributed by atoms with Crippen LogP contribution in [-0.2, 0) is 17.5 Å². The number of fused-ring (bicyclic) bond motifs is 1. The molecule has 1 heterocycles. The van der Waals surface area contributed by atoms with Crippen LogP contribution >= 0.6 is 0 Å². The zero-order chi connectivity index (χ0) is 15.1. The third kappa shape index (κ3) is 2.34. The van der Waals surface area contributed by atoms with E-state index in [-0.39, 0.29) is 17.9 Å². The molecule has 0 aliphatic carbocycles. The Labute approximate surface area is 111 Å². The number of hydrogen-bond donors (Lipinski definition) is 2. The highest BCUT2D eigenvalue weighted by Gasteiger charge is 2.31. The number of nitrogens with zero attached hydrogens (tertiary/aromatic N) is 2. The standard InChI is InChI=1S/C12H12F3N3O2/c1-6(11(19)20)18-9-3-2-7(12(13,14)15)4-8(9)17-10(18)5-16/h2-4,6H,5,16H2,1H3,(H,19,20). The third-order valence-electron chi connectivity index (χ3n) is 3.02. The van der Waals surface area contributed by atoms with E-state index < -0.39 is 23.8 Å². The van der Waals surface area contributed by atoms with Gasteiger partial charge < -0.3 is 15.4 Å². The number of carboxylic acids is 1. The van der Waals surface area contributed by atoms with Crippen LogP contribution in [0.25, 0.3) is 11.0 Å². The normalized spacial score (nSPS) is 13.7. The summed E-state index contributed by atoms with van der Waals surface area (Å²) in [7, 11) is 0. The van der Waals surface area contributed by atoms with Gasteiger partial charge in [0, 0.05) is 0 Å². The van der Waals surface area contributed by atoms with Gasteiger partial charge in [0.05, 0.1) is 23.1 Å². The SMILES string of the molecule is CC(C(=O)O)n1c(CN)nc2cc(C(F)(F)F)ccc21. The molecule has 1 aromatic heterocycles. The largest absolute Gasteiger partial charge is 0.480 e. The molecular weight excluding hydrogens is 275 g/mol. The van der Waals surface area contributed by atoms with Crippen LogP contribution in [0.1, 0.15) is 24.4 Å². The van der Waals surface area contributed by atoms with E-state index in [1.54, 1.807) is 0 Å². The molecule has 0 amide bonds. The third-order valence-corrected chi connectivity index (χ3v) is 3.02. The fourth-order valence-electron chi connectivity index (χ4n) is 2.01. The van der Waals surface area contributed by atoms with E-state index in [4.69, 9.17) is 10.8 Å². The summed E-state index contributed by atoms with van der Waals surface area (Å²) in [6, 6.07) is 2.04. The zero-order valence-electron chi connectivity index (χ0n) is 10.5. The Morgan fingerprint density at radius 2 is 2.15 bits per heavy atom. The van der Waals surface area contributed by atoms with Crippen LogP contribution in [0.5, 0.6) is 0 Å². The lowest BCUT2D eigenvalue weighted by atomic mass is 10.2. The van der Waals surface area contributed by atoms with E-state index in [0.717, 1.165) is 12.1 Å². The smallest absolute Gasteiger partial charge is 0.416 e. The molecule has 0 saturated heterocycles. The Hall–Kier alpha value is -2.09. The van der Waals surface area contributed by atoms with Crippen molar-refractivity contribution in [2.24, 2.45) is 5.73 Å². The van der Waals surface area contributed by atoms with E-state index in [1.165, 1.54) is 17.6 Å². The number of aromatic nitrogens is 2.